The molecule has 1 aromatic heterocycles. The number of rotatable bonds is 21. The standard InChI is InChI=1S/C68H60N6O7S3.BrH/c1-3-74(67(78)81-61(49-30-16-7-17-31-49)50-32-18-8-19-33-50)42-40-55(41-43-74)82-44-51-45-83-64-58(63(76)73(64)59(51)65(77)80-60(47-26-12-5-13-27-47)48-28-14-6-15-29-48)70-62(75)57(72-79-4-2)56-46-84-66(69-56)71-68(52-34-20-9-21-35-52,53-36-22-10-23-37-53)54-38-24-11-25-39-54;/h5-42,46,58,60-61,64H,3-4,43-45H2,1-2H3,(H-,69,70,71,75);1H/b72-57-;/t58-,64-,74?;/m1./s1. The predicted octanol–water partition coefficient (Wildman–Crippen LogP) is 10.2. The van der Waals surface area contributed by atoms with Gasteiger partial charge < -0.3 is 41.9 Å². The molecule has 4 heterocycles. The third kappa shape index (κ3) is 12.9. The van der Waals surface area contributed by atoms with Crippen molar-refractivity contribution >= 4 is 69.6 Å². The lowest BCUT2D eigenvalue weighted by molar-refractivity contribution is -0.799. The molecule has 0 radical (unpaired) electrons. The number of oxime groups is 1. The van der Waals surface area contributed by atoms with Crippen molar-refractivity contribution < 1.29 is 55.0 Å². The van der Waals surface area contributed by atoms with E-state index in [-0.39, 0.29) is 51.3 Å². The van der Waals surface area contributed by atoms with Crippen LogP contribution in [-0.2, 0) is 34.2 Å². The molecule has 1 unspecified atom stereocenters. The summed E-state index contributed by atoms with van der Waals surface area (Å²) in [5.41, 5.74) is 6.25. The number of allylic oxidation sites excluding steroid dienone is 1. The van der Waals surface area contributed by atoms with Crippen LogP contribution in [0.4, 0.5) is 9.93 Å². The maximum Gasteiger partial charge on any atom is 0.521 e. The largest absolute Gasteiger partial charge is 1.00 e. The summed E-state index contributed by atoms with van der Waals surface area (Å²) < 4.78 is 12.8. The third-order valence-electron chi connectivity index (χ3n) is 15.0. The van der Waals surface area contributed by atoms with Crippen molar-refractivity contribution in [2.75, 3.05) is 36.5 Å². The second kappa shape index (κ2) is 27.6. The second-order valence-electron chi connectivity index (χ2n) is 20.1. The van der Waals surface area contributed by atoms with E-state index in [4.69, 9.17) is 19.3 Å². The van der Waals surface area contributed by atoms with Crippen molar-refractivity contribution in [2.24, 2.45) is 5.16 Å². The number of quaternary nitrogens is 1. The first-order valence-electron chi connectivity index (χ1n) is 27.8. The van der Waals surface area contributed by atoms with Crippen molar-refractivity contribution in [1.29, 1.82) is 0 Å². The van der Waals surface area contributed by atoms with Gasteiger partial charge in [-0.3, -0.25) is 14.5 Å². The topological polar surface area (TPSA) is 149 Å². The molecule has 1 fully saturated rings. The number of benzene rings is 7. The number of hydrogen-bond donors (Lipinski definition) is 2. The summed E-state index contributed by atoms with van der Waals surface area (Å²) in [4.78, 5) is 71.6. The summed E-state index contributed by atoms with van der Waals surface area (Å²) in [5.74, 6) is -1.14. The van der Waals surface area contributed by atoms with E-state index in [1.54, 1.807) is 12.3 Å². The number of hydrogen-bond acceptors (Lipinski definition) is 13. The minimum absolute atomic E-state index is 0. The number of amides is 3. The van der Waals surface area contributed by atoms with E-state index in [9.17, 15) is 14.4 Å². The van der Waals surface area contributed by atoms with Gasteiger partial charge in [0.1, 0.15) is 47.7 Å². The number of aromatic nitrogens is 1. The van der Waals surface area contributed by atoms with Gasteiger partial charge in [-0.05, 0) is 64.4 Å². The lowest BCUT2D eigenvalue weighted by Crippen LogP contribution is -3.00. The summed E-state index contributed by atoms with van der Waals surface area (Å²) in [5, 5.41) is 12.6. The van der Waals surface area contributed by atoms with Crippen molar-refractivity contribution in [2.45, 2.75) is 43.0 Å². The van der Waals surface area contributed by atoms with E-state index in [1.807, 2.05) is 201 Å². The Morgan fingerprint density at radius 2 is 1.19 bits per heavy atom. The molecule has 0 bridgehead atoms. The van der Waals surface area contributed by atoms with Gasteiger partial charge in [0.05, 0.1) is 6.54 Å². The van der Waals surface area contributed by atoms with Gasteiger partial charge in [-0.2, -0.15) is 9.28 Å². The van der Waals surface area contributed by atoms with Gasteiger partial charge in [-0.15, -0.1) is 34.9 Å². The highest BCUT2D eigenvalue weighted by Gasteiger charge is 2.55. The number of thioether (sulfide) groups is 2. The van der Waals surface area contributed by atoms with Gasteiger partial charge in [0.2, 0.25) is 0 Å². The number of nitrogens with one attached hydrogen (secondary N) is 2. The molecule has 0 saturated carbocycles. The van der Waals surface area contributed by atoms with E-state index in [2.05, 4.69) is 52.2 Å². The first kappa shape index (κ1) is 59.8. The smallest absolute Gasteiger partial charge is 0.521 e. The predicted molar refractivity (Wildman–Crippen MR) is 333 cm³/mol. The molecule has 3 aliphatic rings. The Bertz CT molecular complexity index is 3550. The maximum absolute atomic E-state index is 15.0. The Labute approximate surface area is 517 Å². The molecule has 3 amide bonds. The summed E-state index contributed by atoms with van der Waals surface area (Å²) in [6.07, 6.45) is 4.05. The second-order valence-corrected chi connectivity index (χ2v) is 23.1. The van der Waals surface area contributed by atoms with Crippen LogP contribution in [0.25, 0.3) is 0 Å². The van der Waals surface area contributed by atoms with Crippen LogP contribution in [0.5, 0.6) is 0 Å². The van der Waals surface area contributed by atoms with Crippen molar-refractivity contribution in [3.8, 4) is 0 Å². The number of carbonyl (C=O) groups is 4. The zero-order valence-corrected chi connectivity index (χ0v) is 50.6. The monoisotopic (exact) mass is 1250 g/mol. The molecule has 3 atom stereocenters. The summed E-state index contributed by atoms with van der Waals surface area (Å²) in [7, 11) is 0. The van der Waals surface area contributed by atoms with E-state index in [1.165, 1.54) is 39.8 Å². The highest BCUT2D eigenvalue weighted by Crippen LogP contribution is 2.45. The average molecular weight is 1250 g/mol. The van der Waals surface area contributed by atoms with Crippen molar-refractivity contribution in [1.82, 2.24) is 15.2 Å². The molecule has 1 saturated heterocycles. The average Bonchev–Trinajstić information content (AvgIpc) is 1.38. The Hall–Kier alpha value is -8.32. The van der Waals surface area contributed by atoms with Gasteiger partial charge in [-0.25, -0.2) is 9.78 Å². The first-order chi connectivity index (χ1) is 41.2. The van der Waals surface area contributed by atoms with Gasteiger partial charge in [0.25, 0.3) is 11.8 Å². The number of β-lactam (4-membered cyclic amide) rings is 1. The highest BCUT2D eigenvalue weighted by atomic mass is 79.9. The van der Waals surface area contributed by atoms with Gasteiger partial charge in [0.15, 0.2) is 23.1 Å². The molecule has 7 aromatic carbocycles. The third-order valence-corrected chi connectivity index (χ3v) is 18.3. The number of esters is 1. The first-order valence-corrected chi connectivity index (χ1v) is 30.7. The Balaban J connectivity index is 0.00000803. The van der Waals surface area contributed by atoms with E-state index in [0.29, 0.717) is 35.3 Å². The van der Waals surface area contributed by atoms with Gasteiger partial charge in [-0.1, -0.05) is 217 Å². The van der Waals surface area contributed by atoms with Gasteiger partial charge >= 0.3 is 12.1 Å². The van der Waals surface area contributed by atoms with Crippen LogP contribution in [0, 0.1) is 0 Å². The number of likely N-dealkylation sites (N-methyl/N-ethyl adjacent to an activating group) is 1. The molecular weight excluding hydrogens is 1190 g/mol. The summed E-state index contributed by atoms with van der Waals surface area (Å²) in [6.45, 7) is 4.70. The zero-order chi connectivity index (χ0) is 57.9. The zero-order valence-electron chi connectivity index (χ0n) is 46.6. The van der Waals surface area contributed by atoms with Gasteiger partial charge in [0, 0.05) is 27.9 Å². The van der Waals surface area contributed by atoms with E-state index >= 15 is 4.79 Å². The molecule has 11 rings (SSSR count). The molecular formula is C68H61BrN6O7S3. The molecule has 0 aliphatic carbocycles. The highest BCUT2D eigenvalue weighted by molar-refractivity contribution is 8.03. The molecule has 3 aliphatic heterocycles. The molecule has 430 valence electrons. The van der Waals surface area contributed by atoms with Crippen LogP contribution < -0.4 is 27.6 Å². The van der Waals surface area contributed by atoms with Crippen LogP contribution in [0.3, 0.4) is 0 Å². The minimum Gasteiger partial charge on any atom is -1.00 e. The molecule has 85 heavy (non-hydrogen) atoms. The lowest BCUT2D eigenvalue weighted by atomic mass is 9.77. The fourth-order valence-electron chi connectivity index (χ4n) is 10.6. The SMILES string of the molecule is CCO/N=C(\C(=O)N[C@@H]1C(=O)N2C(C(=O)OC(c3ccccc3)c3ccccc3)=C(CSC3=CC[N+](CC)(C(=O)OC(c4ccccc4)c4ccccc4)C=C3)CS[C@H]12)c1csc(NC(c2ccccc2)(c2ccccc2)c2ccccc2)n1.[Br-]. The van der Waals surface area contributed by atoms with Crippen molar-refractivity contribution in [3.05, 3.63) is 297 Å². The van der Waals surface area contributed by atoms with Crippen LogP contribution in [-0.4, -0.2) is 86.6 Å². The number of thiazole rings is 1. The number of anilines is 1. The Morgan fingerprint density at radius 3 is 1.65 bits per heavy atom. The van der Waals surface area contributed by atoms with Crippen LogP contribution >= 0.6 is 34.9 Å². The minimum atomic E-state index is -1.03. The number of halogens is 1. The summed E-state index contributed by atoms with van der Waals surface area (Å²) >= 11 is 4.26. The molecule has 2 N–H and O–H groups in total. The number of nitrogens with zero attached hydrogens (tertiary/aromatic N) is 4. The number of carbonyl (C=O) groups excluding carboxylic acids is 4. The quantitative estimate of drug-likeness (QED) is 0.0177. The number of ether oxygens (including phenoxy) is 2. The van der Waals surface area contributed by atoms with Crippen LogP contribution in [0.15, 0.2) is 257 Å². The van der Waals surface area contributed by atoms with Crippen LogP contribution in [0.2, 0.25) is 0 Å². The lowest BCUT2D eigenvalue weighted by Gasteiger charge is -2.49. The normalized spacial score (nSPS) is 17.5. The maximum atomic E-state index is 15.0. The molecule has 8 aromatic rings. The molecule has 13 nitrogen and oxygen atoms in total. The number of fused-ring (bicyclic) bond motifs is 1. The Morgan fingerprint density at radius 1 is 0.706 bits per heavy atom. The molecule has 0 spiro atoms. The van der Waals surface area contributed by atoms with E-state index < -0.39 is 46.9 Å². The van der Waals surface area contributed by atoms with Crippen molar-refractivity contribution in [3.63, 3.8) is 0 Å². The molecule has 17 heteroatoms. The van der Waals surface area contributed by atoms with E-state index in [0.717, 1.165) is 43.8 Å². The van der Waals surface area contributed by atoms with Crippen LogP contribution in [0.1, 0.15) is 70.7 Å². The fraction of sp³-hybridized carbons (Fsp3) is 0.176. The summed E-state index contributed by atoms with van der Waals surface area (Å²) in [6, 6.07) is 67.8. The Kier molecular flexibility index (Phi) is 19.4. The fourth-order valence-corrected chi connectivity index (χ4v) is 13.8.